The second kappa shape index (κ2) is 7.70. The zero-order chi connectivity index (χ0) is 20.5. The highest BCUT2D eigenvalue weighted by molar-refractivity contribution is 5.83. The summed E-state index contributed by atoms with van der Waals surface area (Å²) in [4.78, 5) is 18.3. The predicted octanol–water partition coefficient (Wildman–Crippen LogP) is 2.43. The van der Waals surface area contributed by atoms with Crippen LogP contribution in [0.1, 0.15) is 6.42 Å². The lowest BCUT2D eigenvalue weighted by Gasteiger charge is -2.15. The maximum atomic E-state index is 13.7. The fourth-order valence-electron chi connectivity index (χ4n) is 3.31. The van der Waals surface area contributed by atoms with Crippen LogP contribution >= 0.6 is 0 Å². The standard InChI is InChI=1S/C19H17F3N4O3/c20-14-2-1-11(6-17(14)29-19(21)22)12-5-16-15(23-7-12)8-24-26(16)10-18(28)25-4-3-13(27)9-25/h1-2,5-8,13,19,27H,3-4,9-10H2/t13-/m1/s1. The smallest absolute Gasteiger partial charge is 0.387 e. The molecule has 1 atom stereocenters. The lowest BCUT2D eigenvalue weighted by atomic mass is 10.1. The van der Waals surface area contributed by atoms with Gasteiger partial charge in [-0.2, -0.15) is 13.9 Å². The Labute approximate surface area is 163 Å². The number of rotatable bonds is 5. The van der Waals surface area contributed by atoms with Crippen molar-refractivity contribution in [3.8, 4) is 16.9 Å². The van der Waals surface area contributed by atoms with Crippen molar-refractivity contribution in [2.75, 3.05) is 13.1 Å². The molecule has 0 radical (unpaired) electrons. The van der Waals surface area contributed by atoms with E-state index < -0.39 is 24.3 Å². The van der Waals surface area contributed by atoms with E-state index in [2.05, 4.69) is 14.8 Å². The number of amides is 1. The molecule has 0 saturated carbocycles. The van der Waals surface area contributed by atoms with Crippen LogP contribution in [0.3, 0.4) is 0 Å². The van der Waals surface area contributed by atoms with Crippen molar-refractivity contribution in [3.63, 3.8) is 0 Å². The number of aliphatic hydroxyl groups is 1. The van der Waals surface area contributed by atoms with Crippen molar-refractivity contribution in [2.45, 2.75) is 25.7 Å². The zero-order valence-electron chi connectivity index (χ0n) is 15.1. The summed E-state index contributed by atoms with van der Waals surface area (Å²) >= 11 is 0. The van der Waals surface area contributed by atoms with Gasteiger partial charge in [0.2, 0.25) is 5.91 Å². The van der Waals surface area contributed by atoms with Crippen LogP contribution in [0.15, 0.2) is 36.7 Å². The van der Waals surface area contributed by atoms with Gasteiger partial charge in [-0.05, 0) is 30.2 Å². The lowest BCUT2D eigenvalue weighted by Crippen LogP contribution is -2.32. The number of hydrogen-bond acceptors (Lipinski definition) is 5. The van der Waals surface area contributed by atoms with Gasteiger partial charge in [0, 0.05) is 24.8 Å². The first-order valence-electron chi connectivity index (χ1n) is 8.93. The predicted molar refractivity (Wildman–Crippen MR) is 96.8 cm³/mol. The maximum absolute atomic E-state index is 13.7. The molecule has 152 valence electrons. The number of likely N-dealkylation sites (tertiary alicyclic amines) is 1. The molecule has 2 aromatic heterocycles. The van der Waals surface area contributed by atoms with E-state index in [4.69, 9.17) is 0 Å². The van der Waals surface area contributed by atoms with Gasteiger partial charge < -0.3 is 14.7 Å². The summed E-state index contributed by atoms with van der Waals surface area (Å²) < 4.78 is 44.3. The Hall–Kier alpha value is -3.14. The van der Waals surface area contributed by atoms with Crippen LogP contribution in [0.5, 0.6) is 5.75 Å². The number of β-amino-alcohol motifs (C(OH)–C–C–N with tert-alkyl or cyclic N) is 1. The number of nitrogens with zero attached hydrogens (tertiary/aromatic N) is 4. The molecule has 1 aromatic carbocycles. The highest BCUT2D eigenvalue weighted by Crippen LogP contribution is 2.29. The van der Waals surface area contributed by atoms with Gasteiger partial charge in [0.15, 0.2) is 11.6 Å². The minimum absolute atomic E-state index is 0.0233. The van der Waals surface area contributed by atoms with Gasteiger partial charge in [-0.1, -0.05) is 6.07 Å². The molecule has 0 aliphatic carbocycles. The van der Waals surface area contributed by atoms with Gasteiger partial charge in [0.05, 0.1) is 17.8 Å². The van der Waals surface area contributed by atoms with E-state index in [0.717, 1.165) is 6.07 Å². The van der Waals surface area contributed by atoms with Gasteiger partial charge in [0.25, 0.3) is 0 Å². The molecule has 1 aliphatic rings. The second-order valence-electron chi connectivity index (χ2n) is 6.74. The number of pyridine rings is 1. The van der Waals surface area contributed by atoms with Crippen LogP contribution in [-0.2, 0) is 11.3 Å². The van der Waals surface area contributed by atoms with Crippen LogP contribution in [0.2, 0.25) is 0 Å². The topological polar surface area (TPSA) is 80.5 Å². The number of benzene rings is 1. The van der Waals surface area contributed by atoms with E-state index in [1.54, 1.807) is 11.0 Å². The first-order chi connectivity index (χ1) is 13.9. The van der Waals surface area contributed by atoms with Crippen LogP contribution in [-0.4, -0.2) is 56.5 Å². The zero-order valence-corrected chi connectivity index (χ0v) is 15.1. The summed E-state index contributed by atoms with van der Waals surface area (Å²) in [6, 6.07) is 5.33. The van der Waals surface area contributed by atoms with E-state index in [1.807, 2.05) is 0 Å². The normalized spacial score (nSPS) is 16.7. The van der Waals surface area contributed by atoms with Crippen molar-refractivity contribution in [1.29, 1.82) is 0 Å². The van der Waals surface area contributed by atoms with E-state index in [1.165, 1.54) is 29.2 Å². The van der Waals surface area contributed by atoms with Crippen molar-refractivity contribution < 1.29 is 27.8 Å². The number of fused-ring (bicyclic) bond motifs is 1. The molecule has 1 fully saturated rings. The average molecular weight is 406 g/mol. The molecule has 0 unspecified atom stereocenters. The number of ether oxygens (including phenoxy) is 1. The summed E-state index contributed by atoms with van der Waals surface area (Å²) in [7, 11) is 0. The van der Waals surface area contributed by atoms with Crippen molar-refractivity contribution >= 4 is 16.9 Å². The number of alkyl halides is 2. The summed E-state index contributed by atoms with van der Waals surface area (Å²) in [5.74, 6) is -1.63. The molecule has 4 rings (SSSR count). The molecular weight excluding hydrogens is 389 g/mol. The van der Waals surface area contributed by atoms with Gasteiger partial charge in [-0.25, -0.2) is 4.39 Å². The maximum Gasteiger partial charge on any atom is 0.387 e. The van der Waals surface area contributed by atoms with Crippen LogP contribution in [0.4, 0.5) is 13.2 Å². The Morgan fingerprint density at radius 1 is 1.28 bits per heavy atom. The van der Waals surface area contributed by atoms with Crippen molar-refractivity contribution in [1.82, 2.24) is 19.7 Å². The third kappa shape index (κ3) is 4.02. The molecular formula is C19H17F3N4O3. The number of carbonyl (C=O) groups is 1. The molecule has 0 spiro atoms. The summed E-state index contributed by atoms with van der Waals surface area (Å²) in [6.45, 7) is -2.38. The number of hydrogen-bond donors (Lipinski definition) is 1. The number of carbonyl (C=O) groups excluding carboxylic acids is 1. The van der Waals surface area contributed by atoms with E-state index in [9.17, 15) is 23.1 Å². The third-order valence-corrected chi connectivity index (χ3v) is 4.78. The average Bonchev–Trinajstić information content (AvgIpc) is 3.29. The van der Waals surface area contributed by atoms with Gasteiger partial charge >= 0.3 is 6.61 Å². The molecule has 1 N–H and O–H groups in total. The Morgan fingerprint density at radius 2 is 2.10 bits per heavy atom. The Bertz CT molecular complexity index is 1060. The molecule has 1 saturated heterocycles. The molecule has 3 aromatic rings. The SMILES string of the molecule is O=C(Cn1ncc2ncc(-c3ccc(F)c(OC(F)F)c3)cc21)N1CC[C@@H](O)C1. The lowest BCUT2D eigenvalue weighted by molar-refractivity contribution is -0.131. The van der Waals surface area contributed by atoms with Crippen LogP contribution in [0, 0.1) is 5.82 Å². The Kier molecular flexibility index (Phi) is 5.10. The molecule has 1 amide bonds. The molecule has 29 heavy (non-hydrogen) atoms. The van der Waals surface area contributed by atoms with Crippen LogP contribution in [0.25, 0.3) is 22.2 Å². The summed E-state index contributed by atoms with van der Waals surface area (Å²) in [6.07, 6.45) is 3.06. The summed E-state index contributed by atoms with van der Waals surface area (Å²) in [5, 5.41) is 13.8. The molecule has 1 aliphatic heterocycles. The fraction of sp³-hybridized carbons (Fsp3) is 0.316. The largest absolute Gasteiger partial charge is 0.432 e. The van der Waals surface area contributed by atoms with E-state index in [-0.39, 0.29) is 12.5 Å². The van der Waals surface area contributed by atoms with Gasteiger partial charge in [-0.3, -0.25) is 14.5 Å². The first-order valence-corrected chi connectivity index (χ1v) is 8.93. The van der Waals surface area contributed by atoms with Crippen molar-refractivity contribution in [3.05, 3.63) is 42.5 Å². The highest BCUT2D eigenvalue weighted by Gasteiger charge is 2.25. The third-order valence-electron chi connectivity index (χ3n) is 4.78. The number of aromatic nitrogens is 3. The number of halogens is 3. The van der Waals surface area contributed by atoms with Gasteiger partial charge in [-0.15, -0.1) is 0 Å². The Balaban J connectivity index is 1.63. The van der Waals surface area contributed by atoms with Crippen LogP contribution < -0.4 is 4.74 Å². The summed E-state index contributed by atoms with van der Waals surface area (Å²) in [5.41, 5.74) is 2.08. The molecule has 3 heterocycles. The Morgan fingerprint density at radius 3 is 2.83 bits per heavy atom. The monoisotopic (exact) mass is 406 g/mol. The molecule has 7 nitrogen and oxygen atoms in total. The minimum Gasteiger partial charge on any atom is -0.432 e. The first kappa shape index (κ1) is 19.2. The van der Waals surface area contributed by atoms with Gasteiger partial charge in [0.1, 0.15) is 12.1 Å². The molecule has 10 heteroatoms. The fourth-order valence-corrected chi connectivity index (χ4v) is 3.31. The molecule has 0 bridgehead atoms. The quantitative estimate of drug-likeness (QED) is 0.704. The van der Waals surface area contributed by atoms with E-state index in [0.29, 0.717) is 41.7 Å². The number of aliphatic hydroxyl groups excluding tert-OH is 1. The minimum atomic E-state index is -3.14. The van der Waals surface area contributed by atoms with E-state index >= 15 is 0 Å². The second-order valence-corrected chi connectivity index (χ2v) is 6.74. The highest BCUT2D eigenvalue weighted by atomic mass is 19.3. The van der Waals surface area contributed by atoms with Crippen molar-refractivity contribution in [2.24, 2.45) is 0 Å².